The highest BCUT2D eigenvalue weighted by molar-refractivity contribution is 5.75. The summed E-state index contributed by atoms with van der Waals surface area (Å²) in [7, 11) is 0. The molecule has 1 fully saturated rings. The van der Waals surface area contributed by atoms with Crippen molar-refractivity contribution in [3.8, 4) is 0 Å². The summed E-state index contributed by atoms with van der Waals surface area (Å²) in [4.78, 5) is 13.2. The number of amides is 1. The molecule has 0 unspecified atom stereocenters. The Hall–Kier alpha value is -0.610. The first kappa shape index (κ1) is 12.5. The van der Waals surface area contributed by atoms with Crippen molar-refractivity contribution in [1.29, 1.82) is 0 Å². The number of nitrogens with one attached hydrogen (secondary N) is 1. The van der Waals surface area contributed by atoms with E-state index in [1.165, 1.54) is 6.42 Å². The molecule has 1 heterocycles. The van der Waals surface area contributed by atoms with Gasteiger partial charge in [-0.05, 0) is 38.9 Å². The lowest BCUT2D eigenvalue weighted by Crippen LogP contribution is -2.46. The highest BCUT2D eigenvalue weighted by Crippen LogP contribution is 2.12. The topological polar surface area (TPSA) is 58.4 Å². The molecular weight excluding hydrogens is 190 g/mol. The number of piperidine rings is 1. The zero-order chi connectivity index (χ0) is 11.1. The number of nitrogens with zero attached hydrogens (tertiary/aromatic N) is 1. The van der Waals surface area contributed by atoms with E-state index in [0.717, 1.165) is 38.9 Å². The molecule has 88 valence electrons. The normalized spacial score (nSPS) is 18.3. The average molecular weight is 213 g/mol. The molecule has 0 bridgehead atoms. The number of hydrogen-bond acceptors (Lipinski definition) is 3. The van der Waals surface area contributed by atoms with Crippen molar-refractivity contribution in [3.63, 3.8) is 0 Å². The highest BCUT2D eigenvalue weighted by atomic mass is 16.1. The van der Waals surface area contributed by atoms with Crippen LogP contribution in [0, 0.1) is 0 Å². The van der Waals surface area contributed by atoms with Crippen LogP contribution in [0.1, 0.15) is 32.6 Å². The summed E-state index contributed by atoms with van der Waals surface area (Å²) in [6.07, 6.45) is 4.59. The maximum atomic E-state index is 11.0. The molecule has 0 aliphatic carbocycles. The van der Waals surface area contributed by atoms with Gasteiger partial charge in [0.1, 0.15) is 0 Å². The number of rotatable bonds is 6. The van der Waals surface area contributed by atoms with Gasteiger partial charge in [-0.25, -0.2) is 0 Å². The van der Waals surface area contributed by atoms with Crippen LogP contribution in [0.5, 0.6) is 0 Å². The third-order valence-electron chi connectivity index (χ3n) is 2.98. The third kappa shape index (κ3) is 4.62. The molecule has 1 rings (SSSR count). The number of carbonyl (C=O) groups is 1. The molecule has 0 aromatic carbocycles. The van der Waals surface area contributed by atoms with Gasteiger partial charge in [-0.1, -0.05) is 13.3 Å². The smallest absolute Gasteiger partial charge is 0.231 e. The van der Waals surface area contributed by atoms with E-state index in [9.17, 15) is 4.79 Å². The Morgan fingerprint density at radius 3 is 2.67 bits per heavy atom. The van der Waals surface area contributed by atoms with Crippen LogP contribution in [0.2, 0.25) is 0 Å². The van der Waals surface area contributed by atoms with Gasteiger partial charge in [0.2, 0.25) is 5.91 Å². The zero-order valence-corrected chi connectivity index (χ0v) is 9.67. The second-order valence-electron chi connectivity index (χ2n) is 4.27. The number of hydrogen-bond donors (Lipinski definition) is 2. The van der Waals surface area contributed by atoms with Crippen LogP contribution in [0.15, 0.2) is 0 Å². The lowest BCUT2D eigenvalue weighted by Gasteiger charge is -2.33. The van der Waals surface area contributed by atoms with Crippen LogP contribution in [0.4, 0.5) is 0 Å². The van der Waals surface area contributed by atoms with Crippen molar-refractivity contribution >= 4 is 5.91 Å². The predicted molar refractivity (Wildman–Crippen MR) is 61.6 cm³/mol. The second-order valence-corrected chi connectivity index (χ2v) is 4.27. The minimum atomic E-state index is -0.204. The van der Waals surface area contributed by atoms with E-state index < -0.39 is 0 Å². The van der Waals surface area contributed by atoms with Crippen LogP contribution < -0.4 is 11.1 Å². The van der Waals surface area contributed by atoms with Crippen molar-refractivity contribution in [2.45, 2.75) is 38.6 Å². The zero-order valence-electron chi connectivity index (χ0n) is 9.67. The largest absolute Gasteiger partial charge is 0.369 e. The standard InChI is InChI=1S/C11H23N3O/c1-2-3-8-14(9-11(12)15)10-4-6-13-7-5-10/h10,13H,2-9H2,1H3,(H2,12,15). The quantitative estimate of drug-likeness (QED) is 0.668. The molecular formula is C11H23N3O. The maximum absolute atomic E-state index is 11.0. The van der Waals surface area contributed by atoms with Crippen molar-refractivity contribution in [2.24, 2.45) is 5.73 Å². The monoisotopic (exact) mass is 213 g/mol. The SMILES string of the molecule is CCCCN(CC(N)=O)C1CCNCC1. The second kappa shape index (κ2) is 6.80. The fourth-order valence-electron chi connectivity index (χ4n) is 2.12. The number of nitrogens with two attached hydrogens (primary N) is 1. The Morgan fingerprint density at radius 1 is 1.47 bits per heavy atom. The van der Waals surface area contributed by atoms with Crippen molar-refractivity contribution in [3.05, 3.63) is 0 Å². The Balaban J connectivity index is 2.41. The summed E-state index contributed by atoms with van der Waals surface area (Å²) in [6, 6.07) is 0.547. The summed E-state index contributed by atoms with van der Waals surface area (Å²) in [5, 5.41) is 3.34. The van der Waals surface area contributed by atoms with Crippen LogP contribution in [0.3, 0.4) is 0 Å². The van der Waals surface area contributed by atoms with E-state index in [0.29, 0.717) is 12.6 Å². The van der Waals surface area contributed by atoms with E-state index in [4.69, 9.17) is 5.73 Å². The highest BCUT2D eigenvalue weighted by Gasteiger charge is 2.21. The molecule has 0 aromatic rings. The van der Waals surface area contributed by atoms with Crippen molar-refractivity contribution in [1.82, 2.24) is 10.2 Å². The lowest BCUT2D eigenvalue weighted by atomic mass is 10.0. The van der Waals surface area contributed by atoms with Gasteiger partial charge in [-0.3, -0.25) is 9.69 Å². The molecule has 3 N–H and O–H groups in total. The van der Waals surface area contributed by atoms with Gasteiger partial charge in [0.15, 0.2) is 0 Å². The summed E-state index contributed by atoms with van der Waals surface area (Å²) in [5.41, 5.74) is 5.28. The van der Waals surface area contributed by atoms with E-state index in [1.54, 1.807) is 0 Å². The molecule has 1 saturated heterocycles. The summed E-state index contributed by atoms with van der Waals surface area (Å²) in [5.74, 6) is -0.204. The van der Waals surface area contributed by atoms with E-state index >= 15 is 0 Å². The van der Waals surface area contributed by atoms with Gasteiger partial charge in [0, 0.05) is 6.04 Å². The molecule has 0 spiro atoms. The fourth-order valence-corrected chi connectivity index (χ4v) is 2.12. The van der Waals surface area contributed by atoms with Crippen LogP contribution in [-0.4, -0.2) is 43.0 Å². The number of unbranched alkanes of at least 4 members (excludes halogenated alkanes) is 1. The molecule has 1 aliphatic heterocycles. The van der Waals surface area contributed by atoms with Crippen LogP contribution >= 0.6 is 0 Å². The summed E-state index contributed by atoms with van der Waals surface area (Å²) in [6.45, 7) is 5.72. The molecule has 0 atom stereocenters. The first-order chi connectivity index (χ1) is 7.24. The van der Waals surface area contributed by atoms with Crippen LogP contribution in [-0.2, 0) is 4.79 Å². The minimum absolute atomic E-state index is 0.204. The first-order valence-corrected chi connectivity index (χ1v) is 5.97. The minimum Gasteiger partial charge on any atom is -0.369 e. The molecule has 1 amide bonds. The first-order valence-electron chi connectivity index (χ1n) is 5.97. The molecule has 15 heavy (non-hydrogen) atoms. The Kier molecular flexibility index (Phi) is 5.65. The molecule has 0 aromatic heterocycles. The summed E-state index contributed by atoms with van der Waals surface area (Å²) >= 11 is 0. The van der Waals surface area contributed by atoms with Crippen molar-refractivity contribution in [2.75, 3.05) is 26.2 Å². The lowest BCUT2D eigenvalue weighted by molar-refractivity contribution is -0.119. The Bertz CT molecular complexity index is 190. The van der Waals surface area contributed by atoms with Crippen LogP contribution in [0.25, 0.3) is 0 Å². The Morgan fingerprint density at radius 2 is 2.13 bits per heavy atom. The molecule has 4 heteroatoms. The van der Waals surface area contributed by atoms with Gasteiger partial charge >= 0.3 is 0 Å². The molecule has 4 nitrogen and oxygen atoms in total. The van der Waals surface area contributed by atoms with E-state index in [-0.39, 0.29) is 5.91 Å². The predicted octanol–water partition coefficient (Wildman–Crippen LogP) is 0.326. The molecule has 0 radical (unpaired) electrons. The van der Waals surface area contributed by atoms with Gasteiger partial charge in [0.05, 0.1) is 6.54 Å². The fraction of sp³-hybridized carbons (Fsp3) is 0.909. The van der Waals surface area contributed by atoms with Gasteiger partial charge < -0.3 is 11.1 Å². The summed E-state index contributed by atoms with van der Waals surface area (Å²) < 4.78 is 0. The third-order valence-corrected chi connectivity index (χ3v) is 2.98. The van der Waals surface area contributed by atoms with Crippen molar-refractivity contribution < 1.29 is 4.79 Å². The Labute approximate surface area is 92.2 Å². The van der Waals surface area contributed by atoms with E-state index in [2.05, 4.69) is 17.1 Å². The van der Waals surface area contributed by atoms with E-state index in [1.807, 2.05) is 0 Å². The number of carbonyl (C=O) groups excluding carboxylic acids is 1. The molecule has 1 aliphatic rings. The molecule has 0 saturated carbocycles. The van der Waals surface area contributed by atoms with Gasteiger partial charge in [-0.15, -0.1) is 0 Å². The van der Waals surface area contributed by atoms with Gasteiger partial charge in [0.25, 0.3) is 0 Å². The van der Waals surface area contributed by atoms with Gasteiger partial charge in [-0.2, -0.15) is 0 Å². The maximum Gasteiger partial charge on any atom is 0.231 e. The number of primary amides is 1. The average Bonchev–Trinajstić information content (AvgIpc) is 2.25.